The van der Waals surface area contributed by atoms with Gasteiger partial charge in [0, 0.05) is 12.8 Å². The molecule has 2 aromatic rings. The fraction of sp³-hybridized carbons (Fsp3) is 0.333. The van der Waals surface area contributed by atoms with E-state index in [9.17, 15) is 18.0 Å². The molecule has 1 amide bonds. The van der Waals surface area contributed by atoms with E-state index in [1.807, 2.05) is 6.92 Å². The first kappa shape index (κ1) is 16.6. The maximum absolute atomic E-state index is 13.2. The number of aromatic nitrogens is 1. The minimum absolute atomic E-state index is 0.120. The Hall–Kier alpha value is -2.29. The third-order valence-corrected chi connectivity index (χ3v) is 4.35. The number of rotatable bonds is 4. The van der Waals surface area contributed by atoms with Gasteiger partial charge in [0.05, 0.1) is 10.2 Å². The van der Waals surface area contributed by atoms with Gasteiger partial charge in [0.2, 0.25) is 5.13 Å². The molecule has 2 heterocycles. The molecular formula is C15H13F3N4OS. The van der Waals surface area contributed by atoms with Crippen LogP contribution in [0.4, 0.5) is 18.3 Å². The van der Waals surface area contributed by atoms with Crippen LogP contribution in [0.5, 0.6) is 0 Å². The van der Waals surface area contributed by atoms with E-state index in [-0.39, 0.29) is 5.13 Å². The number of nitrogens with zero attached hydrogens (tertiary/aromatic N) is 4. The fourth-order valence-corrected chi connectivity index (χ4v) is 3.15. The molecule has 3 rings (SSSR count). The Labute approximate surface area is 139 Å². The number of halogens is 3. The van der Waals surface area contributed by atoms with Crippen LogP contribution >= 0.6 is 11.3 Å². The number of aliphatic imine (C=N–C) groups is 1. The first-order chi connectivity index (χ1) is 11.4. The number of para-hydroxylation sites is 1. The number of alkyl halides is 3. The zero-order valence-corrected chi connectivity index (χ0v) is 13.4. The predicted molar refractivity (Wildman–Crippen MR) is 87.7 cm³/mol. The van der Waals surface area contributed by atoms with Crippen molar-refractivity contribution in [2.24, 2.45) is 16.0 Å². The molecule has 0 saturated carbocycles. The van der Waals surface area contributed by atoms with E-state index in [2.05, 4.69) is 15.1 Å². The van der Waals surface area contributed by atoms with Crippen molar-refractivity contribution >= 4 is 44.5 Å². The van der Waals surface area contributed by atoms with Gasteiger partial charge in [-0.2, -0.15) is 23.3 Å². The molecule has 0 N–H and O–H groups in total. The van der Waals surface area contributed by atoms with E-state index >= 15 is 0 Å². The van der Waals surface area contributed by atoms with Crippen LogP contribution in [-0.2, 0) is 4.79 Å². The van der Waals surface area contributed by atoms with Gasteiger partial charge in [-0.05, 0) is 18.6 Å². The second kappa shape index (κ2) is 6.31. The van der Waals surface area contributed by atoms with Gasteiger partial charge in [-0.25, -0.2) is 4.98 Å². The van der Waals surface area contributed by atoms with Gasteiger partial charge >= 0.3 is 6.18 Å². The molecule has 1 unspecified atom stereocenters. The summed E-state index contributed by atoms with van der Waals surface area (Å²) in [5.41, 5.74) is -0.552. The highest BCUT2D eigenvalue weighted by atomic mass is 32.1. The van der Waals surface area contributed by atoms with Crippen LogP contribution in [0.3, 0.4) is 0 Å². The highest BCUT2D eigenvalue weighted by molar-refractivity contribution is 7.22. The Morgan fingerprint density at radius 3 is 2.79 bits per heavy atom. The Bertz CT molecular complexity index is 794. The van der Waals surface area contributed by atoms with E-state index in [1.54, 1.807) is 24.3 Å². The van der Waals surface area contributed by atoms with Crippen molar-refractivity contribution in [3.05, 3.63) is 24.3 Å². The molecule has 1 aromatic carbocycles. The average Bonchev–Trinajstić information content (AvgIpc) is 3.08. The van der Waals surface area contributed by atoms with Gasteiger partial charge in [0.25, 0.3) is 5.91 Å². The molecule has 1 atom stereocenters. The zero-order valence-electron chi connectivity index (χ0n) is 12.6. The van der Waals surface area contributed by atoms with E-state index in [1.165, 1.54) is 0 Å². The molecule has 0 radical (unpaired) electrons. The third-order valence-electron chi connectivity index (χ3n) is 3.34. The van der Waals surface area contributed by atoms with Crippen LogP contribution in [0, 0.1) is 5.92 Å². The van der Waals surface area contributed by atoms with Crippen molar-refractivity contribution in [2.45, 2.75) is 19.5 Å². The summed E-state index contributed by atoms with van der Waals surface area (Å²) in [6.45, 7) is 2.20. The van der Waals surface area contributed by atoms with Crippen LogP contribution in [0.15, 0.2) is 34.4 Å². The maximum Gasteiger partial charge on any atom is 0.432 e. The minimum Gasteiger partial charge on any atom is -0.296 e. The van der Waals surface area contributed by atoms with Crippen molar-refractivity contribution < 1.29 is 18.0 Å². The van der Waals surface area contributed by atoms with Crippen molar-refractivity contribution in [1.29, 1.82) is 0 Å². The molecule has 0 fully saturated rings. The summed E-state index contributed by atoms with van der Waals surface area (Å²) >= 11 is 1.12. The molecule has 126 valence electrons. The molecule has 1 aromatic heterocycles. The highest BCUT2D eigenvalue weighted by Gasteiger charge is 2.50. The largest absolute Gasteiger partial charge is 0.432 e. The number of hydrazone groups is 1. The lowest BCUT2D eigenvalue weighted by Crippen LogP contribution is -2.34. The van der Waals surface area contributed by atoms with Gasteiger partial charge < -0.3 is 0 Å². The van der Waals surface area contributed by atoms with Crippen LogP contribution < -0.4 is 5.01 Å². The van der Waals surface area contributed by atoms with Gasteiger partial charge in [0.15, 0.2) is 5.71 Å². The summed E-state index contributed by atoms with van der Waals surface area (Å²) in [4.78, 5) is 20.5. The number of benzene rings is 1. The van der Waals surface area contributed by atoms with E-state index in [0.717, 1.165) is 27.3 Å². The number of hydrogen-bond donors (Lipinski definition) is 0. The molecule has 0 saturated heterocycles. The Kier molecular flexibility index (Phi) is 4.35. The van der Waals surface area contributed by atoms with Crippen molar-refractivity contribution in [3.8, 4) is 0 Å². The SMILES string of the molecule is CCCN=CC1C(=O)N(c2nc3ccccc3s2)N=C1C(F)(F)F. The number of carbonyl (C=O) groups is 1. The number of hydrogen-bond acceptors (Lipinski definition) is 5. The standard InChI is InChI=1S/C15H13F3N4OS/c1-2-7-19-8-9-12(15(16,17)18)21-22(13(9)23)14-20-10-5-3-4-6-11(10)24-14/h3-6,8-9H,2,7H2,1H3. The highest BCUT2D eigenvalue weighted by Crippen LogP contribution is 2.35. The summed E-state index contributed by atoms with van der Waals surface area (Å²) in [6, 6.07) is 7.07. The minimum atomic E-state index is -4.70. The first-order valence-electron chi connectivity index (χ1n) is 7.27. The van der Waals surface area contributed by atoms with Crippen LogP contribution in [0.1, 0.15) is 13.3 Å². The van der Waals surface area contributed by atoms with E-state index in [4.69, 9.17) is 0 Å². The lowest BCUT2D eigenvalue weighted by Gasteiger charge is -2.09. The van der Waals surface area contributed by atoms with Gasteiger partial charge in [-0.15, -0.1) is 0 Å². The second-order valence-corrected chi connectivity index (χ2v) is 6.14. The quantitative estimate of drug-likeness (QED) is 0.787. The molecular weight excluding hydrogens is 341 g/mol. The molecule has 1 aliphatic rings. The first-order valence-corrected chi connectivity index (χ1v) is 8.08. The summed E-state index contributed by atoms with van der Waals surface area (Å²) in [5.74, 6) is -2.32. The van der Waals surface area contributed by atoms with Crippen LogP contribution in [-0.4, -0.2) is 35.5 Å². The van der Waals surface area contributed by atoms with Crippen molar-refractivity contribution in [2.75, 3.05) is 11.6 Å². The smallest absolute Gasteiger partial charge is 0.296 e. The molecule has 24 heavy (non-hydrogen) atoms. The zero-order chi connectivity index (χ0) is 17.3. The molecule has 0 spiro atoms. The van der Waals surface area contributed by atoms with Gasteiger partial charge in [-0.1, -0.05) is 30.4 Å². The average molecular weight is 354 g/mol. The van der Waals surface area contributed by atoms with Crippen molar-refractivity contribution in [3.63, 3.8) is 0 Å². The summed E-state index contributed by atoms with van der Waals surface area (Å²) < 4.78 is 40.4. The number of anilines is 1. The lowest BCUT2D eigenvalue weighted by atomic mass is 10.0. The molecule has 5 nitrogen and oxygen atoms in total. The Balaban J connectivity index is 1.99. The maximum atomic E-state index is 13.2. The van der Waals surface area contributed by atoms with E-state index in [0.29, 0.717) is 18.5 Å². The number of fused-ring (bicyclic) bond motifs is 1. The number of thiazole rings is 1. The second-order valence-electron chi connectivity index (χ2n) is 5.13. The normalized spacial score (nSPS) is 18.8. The molecule has 1 aliphatic heterocycles. The van der Waals surface area contributed by atoms with Crippen LogP contribution in [0.2, 0.25) is 0 Å². The summed E-state index contributed by atoms with van der Waals surface area (Å²) in [7, 11) is 0. The summed E-state index contributed by atoms with van der Waals surface area (Å²) in [6.07, 6.45) is -2.99. The number of carbonyl (C=O) groups excluding carboxylic acids is 1. The Morgan fingerprint density at radius 2 is 2.12 bits per heavy atom. The van der Waals surface area contributed by atoms with E-state index < -0.39 is 23.7 Å². The molecule has 0 bridgehead atoms. The molecule has 9 heteroatoms. The Morgan fingerprint density at radius 1 is 1.38 bits per heavy atom. The predicted octanol–water partition coefficient (Wildman–Crippen LogP) is 3.66. The molecule has 0 aliphatic carbocycles. The lowest BCUT2D eigenvalue weighted by molar-refractivity contribution is -0.119. The number of amides is 1. The van der Waals surface area contributed by atoms with Gasteiger partial charge in [0.1, 0.15) is 5.92 Å². The topological polar surface area (TPSA) is 57.9 Å². The monoisotopic (exact) mass is 354 g/mol. The third kappa shape index (κ3) is 3.03. The van der Waals surface area contributed by atoms with Crippen molar-refractivity contribution in [1.82, 2.24) is 4.98 Å². The van der Waals surface area contributed by atoms with Crippen LogP contribution in [0.25, 0.3) is 10.2 Å². The van der Waals surface area contributed by atoms with Gasteiger partial charge in [-0.3, -0.25) is 9.79 Å². The fourth-order valence-electron chi connectivity index (χ4n) is 2.23. The summed E-state index contributed by atoms with van der Waals surface area (Å²) in [5, 5.41) is 4.35.